The van der Waals surface area contributed by atoms with E-state index in [1.807, 2.05) is 24.3 Å². The summed E-state index contributed by atoms with van der Waals surface area (Å²) in [5, 5.41) is 0. The molecule has 0 saturated heterocycles. The van der Waals surface area contributed by atoms with Crippen molar-refractivity contribution in [3.8, 4) is 0 Å². The molecule has 2 saturated carbocycles. The summed E-state index contributed by atoms with van der Waals surface area (Å²) in [5.41, 5.74) is 3.04. The van der Waals surface area contributed by atoms with E-state index in [0.29, 0.717) is 23.0 Å². The van der Waals surface area contributed by atoms with Gasteiger partial charge < -0.3 is 18.9 Å². The fourth-order valence-corrected chi connectivity index (χ4v) is 8.40. The SMILES string of the molecule is CCCCCC1CCC(c2ccc(C(=O)O[C@H](CC(=O)OCC)[C@@H](CC(=O)OCC)OC(=O)c3ccc(C4CCC(CCCCC)CC4)cc3)cc2)CC1. The number of hydrogen-bond donors (Lipinski definition) is 0. The normalized spacial score (nSPS) is 21.0. The molecule has 0 N–H and O–H groups in total. The lowest BCUT2D eigenvalue weighted by atomic mass is 9.77. The van der Waals surface area contributed by atoms with Crippen molar-refractivity contribution in [3.63, 3.8) is 0 Å². The smallest absolute Gasteiger partial charge is 0.338 e. The molecule has 4 rings (SSSR count). The molecule has 0 aromatic heterocycles. The molecule has 298 valence electrons. The summed E-state index contributed by atoms with van der Waals surface area (Å²) in [4.78, 5) is 52.7. The minimum Gasteiger partial charge on any atom is -0.466 e. The molecule has 2 aliphatic rings. The van der Waals surface area contributed by atoms with Crippen LogP contribution in [0.5, 0.6) is 0 Å². The number of benzene rings is 2. The Kier molecular flexibility index (Phi) is 18.6. The van der Waals surface area contributed by atoms with Crippen molar-refractivity contribution in [2.45, 2.75) is 167 Å². The Bertz CT molecular complexity index is 1310. The van der Waals surface area contributed by atoms with E-state index < -0.39 is 48.9 Å². The largest absolute Gasteiger partial charge is 0.466 e. The Hall–Kier alpha value is -3.68. The van der Waals surface area contributed by atoms with E-state index in [4.69, 9.17) is 18.9 Å². The standard InChI is InChI=1S/C46H66O8/c1-5-9-11-13-33-15-19-35(20-16-33)37-23-27-39(28-24-37)45(49)53-41(31-43(47)51-7-3)42(32-44(48)52-8-4)54-46(50)40-29-25-38(26-30-40)36-21-17-34(18-22-36)14-12-10-6-2/h23-30,33-36,41-42H,5-22,31-32H2,1-4H3/t33?,34?,35?,36?,41-,42-/m1/s1. The van der Waals surface area contributed by atoms with Gasteiger partial charge in [0.05, 0.1) is 37.2 Å². The number of carbonyl (C=O) groups excluding carboxylic acids is 4. The van der Waals surface area contributed by atoms with Crippen LogP contribution in [-0.2, 0) is 28.5 Å². The third-order valence-electron chi connectivity index (χ3n) is 11.6. The molecule has 8 heteroatoms. The van der Waals surface area contributed by atoms with Gasteiger partial charge in [-0.1, -0.05) is 89.5 Å². The second kappa shape index (κ2) is 23.3. The summed E-state index contributed by atoms with van der Waals surface area (Å²) in [5.74, 6) is -0.0721. The van der Waals surface area contributed by atoms with Crippen molar-refractivity contribution in [3.05, 3.63) is 70.8 Å². The van der Waals surface area contributed by atoms with Crippen LogP contribution >= 0.6 is 0 Å². The van der Waals surface area contributed by atoms with Crippen molar-refractivity contribution in [2.75, 3.05) is 13.2 Å². The molecule has 8 nitrogen and oxygen atoms in total. The molecule has 0 heterocycles. The van der Waals surface area contributed by atoms with Crippen LogP contribution in [0.3, 0.4) is 0 Å². The number of esters is 4. The first-order valence-corrected chi connectivity index (χ1v) is 21.2. The molecule has 2 aromatic rings. The molecule has 2 fully saturated rings. The minimum atomic E-state index is -1.28. The van der Waals surface area contributed by atoms with E-state index in [1.54, 1.807) is 38.1 Å². The lowest BCUT2D eigenvalue weighted by Gasteiger charge is -2.29. The van der Waals surface area contributed by atoms with Crippen molar-refractivity contribution in [1.29, 1.82) is 0 Å². The van der Waals surface area contributed by atoms with E-state index >= 15 is 0 Å². The molecule has 2 aromatic carbocycles. The summed E-state index contributed by atoms with van der Waals surface area (Å²) in [6.07, 6.45) is 16.5. The zero-order valence-electron chi connectivity index (χ0n) is 33.5. The van der Waals surface area contributed by atoms with Crippen LogP contribution < -0.4 is 0 Å². The highest BCUT2D eigenvalue weighted by Crippen LogP contribution is 2.39. The number of carbonyl (C=O) groups is 4. The number of ether oxygens (including phenoxy) is 4. The zero-order valence-corrected chi connectivity index (χ0v) is 33.5. The molecule has 2 atom stereocenters. The number of rotatable bonds is 21. The van der Waals surface area contributed by atoms with Crippen molar-refractivity contribution in [1.82, 2.24) is 0 Å². The topological polar surface area (TPSA) is 105 Å². The minimum absolute atomic E-state index is 0.122. The summed E-state index contributed by atoms with van der Waals surface area (Å²) < 4.78 is 22.2. The molecule has 54 heavy (non-hydrogen) atoms. The van der Waals surface area contributed by atoms with Gasteiger partial charge in [-0.2, -0.15) is 0 Å². The van der Waals surface area contributed by atoms with Gasteiger partial charge in [-0.25, -0.2) is 9.59 Å². The maximum absolute atomic E-state index is 13.6. The van der Waals surface area contributed by atoms with E-state index in [2.05, 4.69) is 13.8 Å². The predicted molar refractivity (Wildman–Crippen MR) is 211 cm³/mol. The summed E-state index contributed by atoms with van der Waals surface area (Å²) in [6.45, 7) is 8.09. The Balaban J connectivity index is 1.42. The van der Waals surface area contributed by atoms with Gasteiger partial charge >= 0.3 is 23.9 Å². The molecule has 0 aliphatic heterocycles. The van der Waals surface area contributed by atoms with E-state index in [0.717, 1.165) is 37.5 Å². The summed E-state index contributed by atoms with van der Waals surface area (Å²) in [7, 11) is 0. The first-order chi connectivity index (χ1) is 26.2. The Morgan fingerprint density at radius 1 is 0.519 bits per heavy atom. The second-order valence-electron chi connectivity index (χ2n) is 15.6. The summed E-state index contributed by atoms with van der Waals surface area (Å²) >= 11 is 0. The van der Waals surface area contributed by atoms with E-state index in [-0.39, 0.29) is 13.2 Å². The fraction of sp³-hybridized carbons (Fsp3) is 0.652. The van der Waals surface area contributed by atoms with Gasteiger partial charge in [-0.3, -0.25) is 9.59 Å². The van der Waals surface area contributed by atoms with Gasteiger partial charge in [0.1, 0.15) is 12.2 Å². The molecule has 0 unspecified atom stereocenters. The van der Waals surface area contributed by atoms with Gasteiger partial charge in [-0.05, 0) is 124 Å². The number of unbranched alkanes of at least 4 members (excludes halogenated alkanes) is 4. The van der Waals surface area contributed by atoms with Crippen LogP contribution in [0.2, 0.25) is 0 Å². The first-order valence-electron chi connectivity index (χ1n) is 21.2. The first kappa shape index (κ1) is 43.1. The highest BCUT2D eigenvalue weighted by Gasteiger charge is 2.35. The Morgan fingerprint density at radius 2 is 0.870 bits per heavy atom. The van der Waals surface area contributed by atoms with E-state index in [1.165, 1.54) is 88.2 Å². The monoisotopic (exact) mass is 746 g/mol. The van der Waals surface area contributed by atoms with Crippen LogP contribution in [0.4, 0.5) is 0 Å². The van der Waals surface area contributed by atoms with Crippen LogP contribution in [0, 0.1) is 11.8 Å². The lowest BCUT2D eigenvalue weighted by molar-refractivity contribution is -0.153. The molecular weight excluding hydrogens is 680 g/mol. The second-order valence-corrected chi connectivity index (χ2v) is 15.6. The van der Waals surface area contributed by atoms with Crippen LogP contribution in [-0.4, -0.2) is 49.3 Å². The van der Waals surface area contributed by atoms with Gasteiger partial charge in [0, 0.05) is 0 Å². The average Bonchev–Trinajstić information content (AvgIpc) is 3.18. The maximum atomic E-state index is 13.6. The quantitative estimate of drug-likeness (QED) is 0.0706. The van der Waals surface area contributed by atoms with Gasteiger partial charge in [-0.15, -0.1) is 0 Å². The Morgan fingerprint density at radius 3 is 1.19 bits per heavy atom. The molecule has 0 bridgehead atoms. The van der Waals surface area contributed by atoms with Crippen LogP contribution in [0.15, 0.2) is 48.5 Å². The molecule has 2 aliphatic carbocycles. The highest BCUT2D eigenvalue weighted by molar-refractivity contribution is 5.91. The lowest BCUT2D eigenvalue weighted by Crippen LogP contribution is -2.39. The third-order valence-corrected chi connectivity index (χ3v) is 11.6. The zero-order chi connectivity index (χ0) is 38.7. The van der Waals surface area contributed by atoms with Gasteiger partial charge in [0.2, 0.25) is 0 Å². The van der Waals surface area contributed by atoms with Gasteiger partial charge in [0.25, 0.3) is 0 Å². The average molecular weight is 747 g/mol. The van der Waals surface area contributed by atoms with E-state index in [9.17, 15) is 19.2 Å². The molecular formula is C46H66O8. The van der Waals surface area contributed by atoms with Crippen LogP contribution in [0.25, 0.3) is 0 Å². The van der Waals surface area contributed by atoms with Crippen molar-refractivity contribution in [2.24, 2.45) is 11.8 Å². The maximum Gasteiger partial charge on any atom is 0.338 e. The number of hydrogen-bond acceptors (Lipinski definition) is 8. The third kappa shape index (κ3) is 13.9. The molecule has 0 amide bonds. The van der Waals surface area contributed by atoms with Crippen molar-refractivity contribution >= 4 is 23.9 Å². The predicted octanol–water partition coefficient (Wildman–Crippen LogP) is 11.1. The summed E-state index contributed by atoms with van der Waals surface area (Å²) in [6, 6.07) is 14.9. The Labute approximate surface area is 324 Å². The van der Waals surface area contributed by atoms with Crippen LogP contribution in [0.1, 0.15) is 187 Å². The highest BCUT2D eigenvalue weighted by atomic mass is 16.6. The van der Waals surface area contributed by atoms with Gasteiger partial charge in [0.15, 0.2) is 0 Å². The fourth-order valence-electron chi connectivity index (χ4n) is 8.40. The van der Waals surface area contributed by atoms with Crippen molar-refractivity contribution < 1.29 is 38.1 Å². The molecule has 0 spiro atoms. The molecule has 0 radical (unpaired) electrons.